The van der Waals surface area contributed by atoms with Gasteiger partial charge in [0.2, 0.25) is 0 Å². The fourth-order valence-electron chi connectivity index (χ4n) is 0.192. The zero-order valence-corrected chi connectivity index (χ0v) is 7.87. The number of hydrogen-bond donors (Lipinski definition) is 0. The SMILES string of the molecule is COS(=O)(=O)C(C)C.[V]. The van der Waals surface area contributed by atoms with E-state index < -0.39 is 15.4 Å². The smallest absolute Gasteiger partial charge is 0.269 e. The standard InChI is InChI=1S/C4H10O3S.V/c1-4(2)8(5,6)7-3;/h4H,1-3H3;. The molecule has 0 rings (SSSR count). The molecule has 0 amide bonds. The van der Waals surface area contributed by atoms with Crippen LogP contribution >= 0.6 is 0 Å². The molecule has 0 atom stereocenters. The molecule has 5 heteroatoms. The molecule has 0 aliphatic carbocycles. The minimum absolute atomic E-state index is 0. The van der Waals surface area contributed by atoms with Crippen LogP contribution in [0, 0.1) is 0 Å². The van der Waals surface area contributed by atoms with E-state index in [1.165, 1.54) is 0 Å². The Hall–Kier alpha value is 0.494. The maximum absolute atomic E-state index is 10.5. The molecule has 0 aliphatic rings. The molecule has 0 N–H and O–H groups in total. The second-order valence-electron chi connectivity index (χ2n) is 1.71. The molecule has 3 nitrogen and oxygen atoms in total. The van der Waals surface area contributed by atoms with Crippen LogP contribution in [0.1, 0.15) is 13.8 Å². The molecule has 0 spiro atoms. The van der Waals surface area contributed by atoms with Crippen LogP contribution in [-0.4, -0.2) is 20.8 Å². The molecular formula is C4H10O3SV. The van der Waals surface area contributed by atoms with Gasteiger partial charge >= 0.3 is 0 Å². The van der Waals surface area contributed by atoms with Crippen LogP contribution in [0.15, 0.2) is 0 Å². The van der Waals surface area contributed by atoms with E-state index in [1.807, 2.05) is 0 Å². The quantitative estimate of drug-likeness (QED) is 0.589. The van der Waals surface area contributed by atoms with Gasteiger partial charge in [0.05, 0.1) is 12.4 Å². The van der Waals surface area contributed by atoms with Gasteiger partial charge in [-0.05, 0) is 13.8 Å². The van der Waals surface area contributed by atoms with Crippen molar-refractivity contribution in [1.82, 2.24) is 0 Å². The van der Waals surface area contributed by atoms with Crippen LogP contribution in [0.5, 0.6) is 0 Å². The summed E-state index contributed by atoms with van der Waals surface area (Å²) in [5, 5.41) is -0.438. The first-order valence-electron chi connectivity index (χ1n) is 2.30. The van der Waals surface area contributed by atoms with Gasteiger partial charge in [-0.2, -0.15) is 8.42 Å². The van der Waals surface area contributed by atoms with Gasteiger partial charge in [-0.15, -0.1) is 0 Å². The molecule has 0 aliphatic heterocycles. The van der Waals surface area contributed by atoms with Crippen LogP contribution in [0.3, 0.4) is 0 Å². The third-order valence-electron chi connectivity index (χ3n) is 0.810. The Kier molecular flexibility index (Phi) is 5.87. The van der Waals surface area contributed by atoms with E-state index in [4.69, 9.17) is 0 Å². The Morgan fingerprint density at radius 2 is 1.67 bits per heavy atom. The monoisotopic (exact) mass is 189 g/mol. The first-order valence-corrected chi connectivity index (χ1v) is 3.77. The van der Waals surface area contributed by atoms with Crippen molar-refractivity contribution in [2.75, 3.05) is 7.11 Å². The average Bonchev–Trinajstić information content (AvgIpc) is 1.67. The van der Waals surface area contributed by atoms with Crippen molar-refractivity contribution in [3.63, 3.8) is 0 Å². The zero-order chi connectivity index (χ0) is 6.78. The fourth-order valence-corrected chi connectivity index (χ4v) is 0.577. The third kappa shape index (κ3) is 3.97. The molecule has 0 aromatic heterocycles. The van der Waals surface area contributed by atoms with Crippen LogP contribution in [-0.2, 0) is 32.9 Å². The van der Waals surface area contributed by atoms with Gasteiger partial charge in [0.15, 0.2) is 0 Å². The van der Waals surface area contributed by atoms with Gasteiger partial charge in [0.1, 0.15) is 0 Å². The van der Waals surface area contributed by atoms with Crippen LogP contribution in [0.2, 0.25) is 0 Å². The van der Waals surface area contributed by atoms with Crippen molar-refractivity contribution in [3.05, 3.63) is 0 Å². The van der Waals surface area contributed by atoms with E-state index >= 15 is 0 Å². The normalized spacial score (nSPS) is 11.1. The van der Waals surface area contributed by atoms with Gasteiger partial charge in [-0.3, -0.25) is 4.18 Å². The Morgan fingerprint density at radius 3 is 1.67 bits per heavy atom. The first kappa shape index (κ1) is 12.2. The van der Waals surface area contributed by atoms with Crippen LogP contribution < -0.4 is 0 Å². The van der Waals surface area contributed by atoms with E-state index in [2.05, 4.69) is 4.18 Å². The molecule has 0 saturated carbocycles. The third-order valence-corrected chi connectivity index (χ3v) is 2.43. The summed E-state index contributed by atoms with van der Waals surface area (Å²) in [5.74, 6) is 0. The molecule has 0 fully saturated rings. The fraction of sp³-hybridized carbons (Fsp3) is 1.00. The van der Waals surface area contributed by atoms with E-state index in [9.17, 15) is 8.42 Å². The molecular weight excluding hydrogens is 179 g/mol. The van der Waals surface area contributed by atoms with Crippen molar-refractivity contribution < 1.29 is 31.2 Å². The minimum Gasteiger partial charge on any atom is -0.273 e. The molecule has 0 aromatic carbocycles. The van der Waals surface area contributed by atoms with Crippen molar-refractivity contribution in [1.29, 1.82) is 0 Å². The van der Waals surface area contributed by atoms with Crippen molar-refractivity contribution in [2.24, 2.45) is 0 Å². The average molecular weight is 189 g/mol. The predicted octanol–water partition coefficient (Wildman–Crippen LogP) is 0.369. The van der Waals surface area contributed by atoms with Crippen molar-refractivity contribution in [2.45, 2.75) is 19.1 Å². The summed E-state index contributed by atoms with van der Waals surface area (Å²) in [6.45, 7) is 3.14. The molecule has 55 valence electrons. The Bertz CT molecular complexity index is 149. The van der Waals surface area contributed by atoms with Gasteiger partial charge < -0.3 is 0 Å². The summed E-state index contributed by atoms with van der Waals surface area (Å²) in [4.78, 5) is 0. The van der Waals surface area contributed by atoms with Gasteiger partial charge in [0.25, 0.3) is 10.1 Å². The van der Waals surface area contributed by atoms with Crippen molar-refractivity contribution in [3.8, 4) is 0 Å². The van der Waals surface area contributed by atoms with Crippen molar-refractivity contribution >= 4 is 10.1 Å². The molecule has 0 bridgehead atoms. The van der Waals surface area contributed by atoms with E-state index in [-0.39, 0.29) is 18.6 Å². The summed E-state index contributed by atoms with van der Waals surface area (Å²) in [5.41, 5.74) is 0. The summed E-state index contributed by atoms with van der Waals surface area (Å²) in [6.07, 6.45) is 0. The molecule has 0 aromatic rings. The second kappa shape index (κ2) is 4.33. The number of rotatable bonds is 2. The second-order valence-corrected chi connectivity index (χ2v) is 3.97. The molecule has 0 saturated heterocycles. The number of hydrogen-bond acceptors (Lipinski definition) is 3. The zero-order valence-electron chi connectivity index (χ0n) is 5.66. The summed E-state index contributed by atoms with van der Waals surface area (Å²) in [6, 6.07) is 0. The largest absolute Gasteiger partial charge is 0.273 e. The Labute approximate surface area is 67.8 Å². The minimum atomic E-state index is -3.24. The first-order chi connectivity index (χ1) is 3.50. The van der Waals surface area contributed by atoms with Gasteiger partial charge in [-0.25, -0.2) is 0 Å². The molecule has 0 heterocycles. The Balaban J connectivity index is 0. The van der Waals surface area contributed by atoms with E-state index in [0.717, 1.165) is 7.11 Å². The molecule has 0 unspecified atom stereocenters. The predicted molar refractivity (Wildman–Crippen MR) is 31.1 cm³/mol. The summed E-state index contributed by atoms with van der Waals surface area (Å²) >= 11 is 0. The summed E-state index contributed by atoms with van der Waals surface area (Å²) < 4.78 is 25.1. The van der Waals surface area contributed by atoms with Crippen LogP contribution in [0.25, 0.3) is 0 Å². The van der Waals surface area contributed by atoms with E-state index in [0.29, 0.717) is 0 Å². The Morgan fingerprint density at radius 1 is 1.33 bits per heavy atom. The van der Waals surface area contributed by atoms with Gasteiger partial charge in [0, 0.05) is 18.6 Å². The maximum Gasteiger partial charge on any atom is 0.269 e. The molecule has 9 heavy (non-hydrogen) atoms. The van der Waals surface area contributed by atoms with Gasteiger partial charge in [-0.1, -0.05) is 0 Å². The summed E-state index contributed by atoms with van der Waals surface area (Å²) in [7, 11) is -2.07. The van der Waals surface area contributed by atoms with Crippen LogP contribution in [0.4, 0.5) is 0 Å². The van der Waals surface area contributed by atoms with E-state index in [1.54, 1.807) is 13.8 Å². The maximum atomic E-state index is 10.5. The molecule has 1 radical (unpaired) electrons. The topological polar surface area (TPSA) is 43.4 Å².